The van der Waals surface area contributed by atoms with Gasteiger partial charge in [0.15, 0.2) is 5.82 Å². The molecule has 0 saturated heterocycles. The minimum Gasteiger partial charge on any atom is -0.481 e. The third-order valence-electron chi connectivity index (χ3n) is 2.52. The van der Waals surface area contributed by atoms with E-state index in [1.54, 1.807) is 0 Å². The molecule has 0 aliphatic heterocycles. The van der Waals surface area contributed by atoms with Crippen LogP contribution in [-0.4, -0.2) is 32.6 Å². The number of methoxy groups -OCH3 is 2. The van der Waals surface area contributed by atoms with Gasteiger partial charge in [-0.3, -0.25) is 0 Å². The number of nitrogens with one attached hydrogen (secondary N) is 1. The zero-order chi connectivity index (χ0) is 15.5. The number of hydrogen-bond donors (Lipinski definition) is 2. The molecule has 2 aromatic rings. The molecule has 4 N–H and O–H groups in total. The summed E-state index contributed by atoms with van der Waals surface area (Å²) >= 11 is 0. The van der Waals surface area contributed by atoms with Crippen LogP contribution in [0, 0.1) is 0 Å². The van der Waals surface area contributed by atoms with Gasteiger partial charge in [-0.2, -0.15) is 14.2 Å². The molecule has 22 heavy (non-hydrogen) atoms. The van der Waals surface area contributed by atoms with Crippen molar-refractivity contribution >= 4 is 21.5 Å². The second-order valence-corrected chi connectivity index (χ2v) is 5.71. The van der Waals surface area contributed by atoms with Crippen LogP contribution in [-0.2, 0) is 32.4 Å². The minimum absolute atomic E-state index is 0. The molecule has 123 valence electrons. The molecule has 1 aromatic carbocycles. The molecule has 0 aliphatic carbocycles. The molecule has 0 fully saturated rings. The van der Waals surface area contributed by atoms with Crippen molar-refractivity contribution in [1.29, 1.82) is 0 Å². The van der Waals surface area contributed by atoms with E-state index in [1.165, 1.54) is 44.6 Å². The van der Waals surface area contributed by atoms with Gasteiger partial charge < -0.3 is 15.2 Å². The zero-order valence-electron chi connectivity index (χ0n) is 11.7. The van der Waals surface area contributed by atoms with Crippen LogP contribution in [0.15, 0.2) is 35.2 Å². The first kappa shape index (κ1) is 18.2. The Hall–Kier alpha value is -1.81. The van der Waals surface area contributed by atoms with E-state index in [1.807, 2.05) is 0 Å². The number of nitrogens with two attached hydrogens (primary N) is 1. The fraction of sp³-hybridized carbons (Fsp3) is 0.167. The molecule has 1 atom stereocenters. The second kappa shape index (κ2) is 7.45. The summed E-state index contributed by atoms with van der Waals surface area (Å²) in [5, 5.41) is 0. The van der Waals surface area contributed by atoms with E-state index in [4.69, 9.17) is 15.2 Å². The summed E-state index contributed by atoms with van der Waals surface area (Å²) in [7, 11) is -0.735. The van der Waals surface area contributed by atoms with Crippen molar-refractivity contribution in [2.75, 3.05) is 24.7 Å². The number of aromatic nitrogens is 2. The minimum atomic E-state index is -3.54. The summed E-state index contributed by atoms with van der Waals surface area (Å²) in [6.07, 6.45) is 0. The molecule has 1 heterocycles. The van der Waals surface area contributed by atoms with Crippen molar-refractivity contribution in [2.24, 2.45) is 0 Å². The van der Waals surface area contributed by atoms with Crippen LogP contribution in [0.3, 0.4) is 0 Å². The average molecular weight is 419 g/mol. The molecule has 8 nitrogen and oxygen atoms in total. The number of ether oxygens (including phenoxy) is 2. The summed E-state index contributed by atoms with van der Waals surface area (Å²) in [4.78, 5) is 8.01. The smallest absolute Gasteiger partial charge is 0.397 e. The van der Waals surface area contributed by atoms with E-state index in [2.05, 4.69) is 14.7 Å². The Kier molecular flexibility index (Phi) is 6.18. The van der Waals surface area contributed by atoms with Gasteiger partial charge in [0, 0.05) is 34.1 Å². The number of benzene rings is 1. The molecule has 0 amide bonds. The first-order chi connectivity index (χ1) is 9.94. The van der Waals surface area contributed by atoms with E-state index in [0.717, 1.165) is 0 Å². The van der Waals surface area contributed by atoms with Gasteiger partial charge in [-0.15, -0.1) is 0 Å². The maximum Gasteiger partial charge on any atom is 0.397 e. The van der Waals surface area contributed by atoms with Crippen molar-refractivity contribution in [1.82, 2.24) is 9.97 Å². The second-order valence-electron chi connectivity index (χ2n) is 3.98. The maximum atomic E-state index is 12.3. The number of nitrogen functional groups attached to an aromatic ring is 1. The van der Waals surface area contributed by atoms with Crippen LogP contribution < -0.4 is 19.9 Å². The van der Waals surface area contributed by atoms with E-state index in [-0.39, 0.29) is 45.0 Å². The van der Waals surface area contributed by atoms with Crippen LogP contribution in [0.25, 0.3) is 0 Å². The van der Waals surface area contributed by atoms with Crippen molar-refractivity contribution in [2.45, 2.75) is 4.90 Å². The molecule has 2 rings (SSSR count). The summed E-state index contributed by atoms with van der Waals surface area (Å²) in [5.41, 5.74) is 6.05. The molecule has 10 heteroatoms. The van der Waals surface area contributed by atoms with Gasteiger partial charge in [-0.1, -0.05) is 0 Å². The third-order valence-corrected chi connectivity index (χ3v) is 3.91. The first-order valence-electron chi connectivity index (χ1n) is 5.81. The quantitative estimate of drug-likeness (QED) is 0.424. The van der Waals surface area contributed by atoms with E-state index in [9.17, 15) is 8.42 Å². The van der Waals surface area contributed by atoms with Crippen molar-refractivity contribution in [3.8, 4) is 11.9 Å². The third kappa shape index (κ3) is 4.34. The number of anilines is 2. The summed E-state index contributed by atoms with van der Waals surface area (Å²) < 4.78 is 34.7. The fourth-order valence-corrected chi connectivity index (χ4v) is 2.52. The molecule has 0 spiro atoms. The van der Waals surface area contributed by atoms with E-state index >= 15 is 0 Å². The molecule has 0 saturated carbocycles. The Morgan fingerprint density at radius 1 is 1.18 bits per heavy atom. The SMILES string of the molecule is COc1cc(NS(=O)(=[OH+])c2ccc(N)cc2)nc(OC)n1.[Ag]. The monoisotopic (exact) mass is 418 g/mol. The summed E-state index contributed by atoms with van der Waals surface area (Å²) in [6.45, 7) is 0. The van der Waals surface area contributed by atoms with Gasteiger partial charge in [0.05, 0.1) is 14.2 Å². The molecular weight excluding hydrogens is 404 g/mol. The van der Waals surface area contributed by atoms with Crippen LogP contribution in [0.5, 0.6) is 11.9 Å². The van der Waals surface area contributed by atoms with Crippen LogP contribution in [0.2, 0.25) is 0 Å². The normalized spacial score (nSPS) is 12.6. The fourth-order valence-electron chi connectivity index (χ4n) is 1.50. The van der Waals surface area contributed by atoms with Gasteiger partial charge in [0.1, 0.15) is 4.90 Å². The molecule has 1 radical (unpaired) electrons. The van der Waals surface area contributed by atoms with Crippen LogP contribution >= 0.6 is 0 Å². The largest absolute Gasteiger partial charge is 0.481 e. The molecular formula is C12H15AgN4O4S+. The molecule has 0 aliphatic rings. The van der Waals surface area contributed by atoms with Crippen LogP contribution in [0.1, 0.15) is 0 Å². The first-order valence-corrected chi connectivity index (χ1v) is 7.33. The Bertz CT molecular complexity index is 715. The molecule has 1 unspecified atom stereocenters. The van der Waals surface area contributed by atoms with Crippen LogP contribution in [0.4, 0.5) is 11.5 Å². The topological polar surface area (TPSA) is 121 Å². The molecule has 0 bridgehead atoms. The van der Waals surface area contributed by atoms with Gasteiger partial charge in [0.2, 0.25) is 5.88 Å². The summed E-state index contributed by atoms with van der Waals surface area (Å²) in [5.74, 6) is 0.305. The standard InChI is InChI=1S/C12H14N4O4S.Ag/c1-19-11-7-10(14-12(15-11)20-2)16-21(17,18)9-5-3-8(13)4-6-9;/h3-7H,13H2,1-2H3,(H,14,15,16,17,18);/p+1. The van der Waals surface area contributed by atoms with Gasteiger partial charge >= 0.3 is 16.0 Å². The maximum absolute atomic E-state index is 12.3. The molecule has 1 aromatic heterocycles. The van der Waals surface area contributed by atoms with Crippen molar-refractivity contribution in [3.05, 3.63) is 30.3 Å². The predicted molar refractivity (Wildman–Crippen MR) is 78.0 cm³/mol. The van der Waals surface area contributed by atoms with Gasteiger partial charge in [-0.25, -0.2) is 8.93 Å². The van der Waals surface area contributed by atoms with E-state index < -0.39 is 10.0 Å². The van der Waals surface area contributed by atoms with E-state index in [0.29, 0.717) is 5.69 Å². The predicted octanol–water partition coefficient (Wildman–Crippen LogP) is 1.03. The summed E-state index contributed by atoms with van der Waals surface area (Å²) in [6, 6.07) is 7.39. The van der Waals surface area contributed by atoms with Crippen molar-refractivity contribution < 1.29 is 40.3 Å². The Labute approximate surface area is 143 Å². The number of hydrogen-bond acceptors (Lipinski definition) is 6. The number of nitrogens with zero attached hydrogens (tertiary/aromatic N) is 2. The average Bonchev–Trinajstić information content (AvgIpc) is 2.46. The Morgan fingerprint density at radius 3 is 2.36 bits per heavy atom. The zero-order valence-corrected chi connectivity index (χ0v) is 14.0. The Balaban J connectivity index is 0.00000242. The van der Waals surface area contributed by atoms with Gasteiger partial charge in [-0.05, 0) is 24.3 Å². The Morgan fingerprint density at radius 2 is 1.82 bits per heavy atom. The number of rotatable bonds is 5. The van der Waals surface area contributed by atoms with Gasteiger partial charge in [0.25, 0.3) is 0 Å². The van der Waals surface area contributed by atoms with Crippen molar-refractivity contribution in [3.63, 3.8) is 0 Å².